The first-order valence-corrected chi connectivity index (χ1v) is 12.0. The van der Waals surface area contributed by atoms with E-state index in [1.165, 1.54) is 24.3 Å². The molecule has 0 bridgehead atoms. The number of amides is 1. The number of hydrogen-bond acceptors (Lipinski definition) is 5. The summed E-state index contributed by atoms with van der Waals surface area (Å²) in [6, 6.07) is 12.8. The van der Waals surface area contributed by atoms with Crippen molar-refractivity contribution >= 4 is 23.2 Å². The van der Waals surface area contributed by atoms with Crippen molar-refractivity contribution in [2.75, 3.05) is 19.0 Å². The van der Waals surface area contributed by atoms with Gasteiger partial charge < -0.3 is 15.0 Å². The highest BCUT2D eigenvalue weighted by Crippen LogP contribution is 2.50. The third-order valence-corrected chi connectivity index (χ3v) is 6.96. The Kier molecular flexibility index (Phi) is 6.24. The van der Waals surface area contributed by atoms with E-state index in [2.05, 4.69) is 10.2 Å². The number of hydrogen-bond donors (Lipinski definition) is 1. The summed E-state index contributed by atoms with van der Waals surface area (Å²) in [5.41, 5.74) is 4.53. The summed E-state index contributed by atoms with van der Waals surface area (Å²) in [5, 5.41) is 2.68. The zero-order chi connectivity index (χ0) is 24.5. The molecule has 7 heteroatoms. The standard InChI is InChI=1S/C28H27FN2O4/c1-31-20-7-4-9-22(32)27(20)26(28-21(31)8-5-10-23(28)33)19-6-2-3-11-24(19)35-16-25(34)30-18-14-12-17(29)13-15-18/h2-3,6,11-15,26H,4-5,7-10,16H2,1H3,(H,30,34). The molecule has 0 spiro atoms. The Bertz CT molecular complexity index is 1220. The van der Waals surface area contributed by atoms with Crippen molar-refractivity contribution in [3.05, 3.63) is 82.5 Å². The summed E-state index contributed by atoms with van der Waals surface area (Å²) in [7, 11) is 1.96. The Morgan fingerprint density at radius 1 is 0.943 bits per heavy atom. The van der Waals surface area contributed by atoms with Crippen molar-refractivity contribution in [3.8, 4) is 5.75 Å². The molecule has 35 heavy (non-hydrogen) atoms. The summed E-state index contributed by atoms with van der Waals surface area (Å²) < 4.78 is 19.1. The second-order valence-corrected chi connectivity index (χ2v) is 9.15. The summed E-state index contributed by atoms with van der Waals surface area (Å²) >= 11 is 0. The fraction of sp³-hybridized carbons (Fsp3) is 0.321. The SMILES string of the molecule is CN1C2=C(C(=O)CCC2)C(c2ccccc2OCC(=O)Nc2ccc(F)cc2)C2=C1CCCC2=O. The van der Waals surface area contributed by atoms with Crippen LogP contribution in [0.15, 0.2) is 71.1 Å². The highest BCUT2D eigenvalue weighted by Gasteiger charge is 2.43. The van der Waals surface area contributed by atoms with Crippen molar-refractivity contribution in [1.29, 1.82) is 0 Å². The maximum Gasteiger partial charge on any atom is 0.262 e. The van der Waals surface area contributed by atoms with E-state index in [1.54, 1.807) is 6.07 Å². The Labute approximate surface area is 203 Å². The van der Waals surface area contributed by atoms with Gasteiger partial charge in [-0.3, -0.25) is 14.4 Å². The lowest BCUT2D eigenvalue weighted by molar-refractivity contribution is -0.119. The van der Waals surface area contributed by atoms with Gasteiger partial charge in [-0.2, -0.15) is 0 Å². The van der Waals surface area contributed by atoms with Crippen molar-refractivity contribution in [1.82, 2.24) is 4.90 Å². The van der Waals surface area contributed by atoms with Crippen LogP contribution < -0.4 is 10.1 Å². The molecule has 1 heterocycles. The van der Waals surface area contributed by atoms with Crippen LogP contribution in [0.3, 0.4) is 0 Å². The van der Waals surface area contributed by atoms with Crippen LogP contribution in [0, 0.1) is 5.82 Å². The van der Waals surface area contributed by atoms with Crippen LogP contribution in [0.25, 0.3) is 0 Å². The molecule has 2 aromatic rings. The van der Waals surface area contributed by atoms with Gasteiger partial charge in [-0.25, -0.2) is 4.39 Å². The Balaban J connectivity index is 1.48. The number of carbonyl (C=O) groups is 3. The first kappa shape index (κ1) is 23.0. The van der Waals surface area contributed by atoms with Gasteiger partial charge in [0.1, 0.15) is 11.6 Å². The zero-order valence-corrected chi connectivity index (χ0v) is 19.6. The molecule has 2 aromatic carbocycles. The number of Topliss-reactive ketones (excluding diaryl/α,β-unsaturated/α-hetero) is 2. The molecule has 0 saturated carbocycles. The minimum atomic E-state index is -0.492. The predicted molar refractivity (Wildman–Crippen MR) is 129 cm³/mol. The number of para-hydroxylation sites is 1. The molecule has 0 aromatic heterocycles. The molecule has 6 nitrogen and oxygen atoms in total. The van der Waals surface area contributed by atoms with Crippen molar-refractivity contribution in [2.24, 2.45) is 0 Å². The number of carbonyl (C=O) groups excluding carboxylic acids is 3. The van der Waals surface area contributed by atoms with Crippen LogP contribution in [0.5, 0.6) is 5.75 Å². The summed E-state index contributed by atoms with van der Waals surface area (Å²) in [6.45, 7) is -0.263. The highest BCUT2D eigenvalue weighted by atomic mass is 19.1. The summed E-state index contributed by atoms with van der Waals surface area (Å²) in [4.78, 5) is 40.9. The van der Waals surface area contributed by atoms with Crippen LogP contribution in [0.1, 0.15) is 50.0 Å². The van der Waals surface area contributed by atoms with E-state index >= 15 is 0 Å². The average Bonchev–Trinajstić information content (AvgIpc) is 2.86. The minimum Gasteiger partial charge on any atom is -0.483 e. The number of ether oxygens (including phenoxy) is 1. The van der Waals surface area contributed by atoms with Gasteiger partial charge in [0, 0.05) is 59.6 Å². The van der Waals surface area contributed by atoms with Crippen molar-refractivity contribution in [3.63, 3.8) is 0 Å². The molecule has 3 aliphatic rings. The molecule has 5 rings (SSSR count). The molecule has 1 N–H and O–H groups in total. The van der Waals surface area contributed by atoms with Gasteiger partial charge in [0.25, 0.3) is 5.91 Å². The van der Waals surface area contributed by atoms with Crippen molar-refractivity contribution in [2.45, 2.75) is 44.4 Å². The smallest absolute Gasteiger partial charge is 0.262 e. The number of benzene rings is 2. The van der Waals surface area contributed by atoms with Gasteiger partial charge in [0.2, 0.25) is 0 Å². The monoisotopic (exact) mass is 474 g/mol. The largest absolute Gasteiger partial charge is 0.483 e. The van der Waals surface area contributed by atoms with Gasteiger partial charge in [0.05, 0.1) is 0 Å². The van der Waals surface area contributed by atoms with Gasteiger partial charge >= 0.3 is 0 Å². The van der Waals surface area contributed by atoms with Gasteiger partial charge in [-0.1, -0.05) is 18.2 Å². The second-order valence-electron chi connectivity index (χ2n) is 9.15. The summed E-state index contributed by atoms with van der Waals surface area (Å²) in [5.74, 6) is -0.672. The number of anilines is 1. The summed E-state index contributed by atoms with van der Waals surface area (Å²) in [6.07, 6.45) is 4.11. The van der Waals surface area contributed by atoms with E-state index in [4.69, 9.17) is 4.74 Å². The Morgan fingerprint density at radius 2 is 1.54 bits per heavy atom. The maximum atomic E-state index is 13.2. The number of nitrogens with one attached hydrogen (secondary N) is 1. The Hall–Kier alpha value is -3.74. The molecule has 180 valence electrons. The van der Waals surface area contributed by atoms with Gasteiger partial charge in [-0.05, 0) is 56.0 Å². The number of ketones is 2. The van der Waals surface area contributed by atoms with E-state index < -0.39 is 11.8 Å². The van der Waals surface area contributed by atoms with Crippen LogP contribution in [0.2, 0.25) is 0 Å². The lowest BCUT2D eigenvalue weighted by Crippen LogP contribution is -2.37. The lowest BCUT2D eigenvalue weighted by atomic mass is 9.71. The second kappa shape index (κ2) is 9.49. The van der Waals surface area contributed by atoms with Gasteiger partial charge in [-0.15, -0.1) is 0 Å². The molecular formula is C28H27FN2O4. The van der Waals surface area contributed by atoms with Crippen molar-refractivity contribution < 1.29 is 23.5 Å². The normalized spacial score (nSPS) is 18.4. The average molecular weight is 475 g/mol. The molecule has 0 radical (unpaired) electrons. The molecule has 0 fully saturated rings. The fourth-order valence-electron chi connectivity index (χ4n) is 5.39. The number of allylic oxidation sites excluding steroid dienone is 4. The topological polar surface area (TPSA) is 75.7 Å². The van der Waals surface area contributed by atoms with E-state index in [0.29, 0.717) is 35.4 Å². The van der Waals surface area contributed by atoms with Crippen LogP contribution >= 0.6 is 0 Å². The molecule has 1 aliphatic heterocycles. The highest BCUT2D eigenvalue weighted by molar-refractivity contribution is 6.06. The molecule has 0 atom stereocenters. The Morgan fingerprint density at radius 3 is 2.17 bits per heavy atom. The van der Waals surface area contributed by atoms with Gasteiger partial charge in [0.15, 0.2) is 18.2 Å². The predicted octanol–water partition coefficient (Wildman–Crippen LogP) is 4.89. The van der Waals surface area contributed by atoms with Crippen LogP contribution in [-0.4, -0.2) is 36.0 Å². The van der Waals surface area contributed by atoms with Crippen LogP contribution in [0.4, 0.5) is 10.1 Å². The molecule has 1 amide bonds. The molecular weight excluding hydrogens is 447 g/mol. The first-order chi connectivity index (χ1) is 16.9. The third kappa shape index (κ3) is 4.38. The fourth-order valence-corrected chi connectivity index (χ4v) is 5.39. The maximum absolute atomic E-state index is 13.2. The van der Waals surface area contributed by atoms with E-state index in [1.807, 2.05) is 25.2 Å². The molecule has 0 unspecified atom stereocenters. The van der Waals surface area contributed by atoms with E-state index in [9.17, 15) is 18.8 Å². The lowest BCUT2D eigenvalue weighted by Gasteiger charge is -2.42. The quantitative estimate of drug-likeness (QED) is 0.668. The number of halogens is 1. The third-order valence-electron chi connectivity index (χ3n) is 6.96. The molecule has 2 aliphatic carbocycles. The molecule has 0 saturated heterocycles. The minimum absolute atomic E-state index is 0.0666. The van der Waals surface area contributed by atoms with Crippen LogP contribution in [-0.2, 0) is 14.4 Å². The zero-order valence-electron chi connectivity index (χ0n) is 19.6. The van der Waals surface area contributed by atoms with E-state index in [-0.39, 0.29) is 24.0 Å². The number of rotatable bonds is 5. The van der Waals surface area contributed by atoms with E-state index in [0.717, 1.165) is 42.6 Å². The first-order valence-electron chi connectivity index (χ1n) is 12.0. The number of nitrogens with zero attached hydrogens (tertiary/aromatic N) is 1.